The number of carbonyl (C=O) groups is 1. The zero-order chi connectivity index (χ0) is 26.7. The third-order valence-corrected chi connectivity index (χ3v) is 8.43. The first-order valence-electron chi connectivity index (χ1n) is 12.6. The smallest absolute Gasteiger partial charge is 0.270 e. The number of thiocarbonyl (C=S) groups is 1. The molecular formula is C28H32N4O3S2. The summed E-state index contributed by atoms with van der Waals surface area (Å²) in [5.41, 5.74) is 2.29. The number of anilines is 1. The van der Waals surface area contributed by atoms with Gasteiger partial charge in [-0.3, -0.25) is 19.1 Å². The van der Waals surface area contributed by atoms with Crippen LogP contribution in [-0.2, 0) is 17.8 Å². The number of piperidine rings is 1. The topological polar surface area (TPSA) is 78.6 Å². The quantitative estimate of drug-likeness (QED) is 0.374. The van der Waals surface area contributed by atoms with E-state index in [0.717, 1.165) is 48.6 Å². The fraction of sp³-hybridized carbons (Fsp3) is 0.429. The van der Waals surface area contributed by atoms with Crippen molar-refractivity contribution in [1.29, 1.82) is 5.26 Å². The van der Waals surface area contributed by atoms with Gasteiger partial charge in [-0.05, 0) is 68.4 Å². The van der Waals surface area contributed by atoms with E-state index in [9.17, 15) is 14.9 Å². The van der Waals surface area contributed by atoms with Gasteiger partial charge in [0.05, 0.1) is 12.0 Å². The number of ether oxygens (including phenoxy) is 1. The summed E-state index contributed by atoms with van der Waals surface area (Å²) in [4.78, 5) is 31.0. The molecule has 1 amide bonds. The molecule has 2 fully saturated rings. The van der Waals surface area contributed by atoms with E-state index in [1.807, 2.05) is 37.3 Å². The Morgan fingerprint density at radius 2 is 2.00 bits per heavy atom. The van der Waals surface area contributed by atoms with Crippen LogP contribution in [0.4, 0.5) is 5.82 Å². The Bertz CT molecular complexity index is 1340. The van der Waals surface area contributed by atoms with Crippen molar-refractivity contribution in [2.75, 3.05) is 31.6 Å². The molecule has 2 aromatic rings. The van der Waals surface area contributed by atoms with Gasteiger partial charge in [0.25, 0.3) is 11.5 Å². The van der Waals surface area contributed by atoms with Crippen LogP contribution in [0.25, 0.3) is 6.08 Å². The summed E-state index contributed by atoms with van der Waals surface area (Å²) in [5, 5.41) is 9.79. The van der Waals surface area contributed by atoms with Crippen LogP contribution in [-0.4, -0.2) is 46.4 Å². The lowest BCUT2D eigenvalue weighted by molar-refractivity contribution is -0.122. The van der Waals surface area contributed by atoms with Crippen LogP contribution < -0.4 is 15.2 Å². The molecule has 0 N–H and O–H groups in total. The molecule has 1 aromatic heterocycles. The van der Waals surface area contributed by atoms with E-state index in [2.05, 4.69) is 17.9 Å². The fourth-order valence-corrected chi connectivity index (χ4v) is 6.31. The normalized spacial score (nSPS) is 19.0. The van der Waals surface area contributed by atoms with Gasteiger partial charge >= 0.3 is 0 Å². The lowest BCUT2D eigenvalue weighted by atomic mass is 9.98. The van der Waals surface area contributed by atoms with E-state index in [0.29, 0.717) is 40.2 Å². The van der Waals surface area contributed by atoms with E-state index in [4.69, 9.17) is 17.0 Å². The zero-order valence-corrected chi connectivity index (χ0v) is 23.4. The first-order chi connectivity index (χ1) is 17.8. The first kappa shape index (κ1) is 27.0. The number of pyridine rings is 1. The third kappa shape index (κ3) is 5.46. The number of rotatable bonds is 7. The van der Waals surface area contributed by atoms with E-state index in [1.54, 1.807) is 23.5 Å². The van der Waals surface area contributed by atoms with Crippen LogP contribution in [0.1, 0.15) is 48.9 Å². The molecule has 1 aromatic carbocycles. The summed E-state index contributed by atoms with van der Waals surface area (Å²) in [6, 6.07) is 9.88. The maximum Gasteiger partial charge on any atom is 0.270 e. The highest BCUT2D eigenvalue weighted by molar-refractivity contribution is 8.26. The highest BCUT2D eigenvalue weighted by atomic mass is 32.2. The van der Waals surface area contributed by atoms with Gasteiger partial charge in [-0.2, -0.15) is 5.26 Å². The molecule has 2 aliphatic heterocycles. The number of methoxy groups -OCH3 is 1. The number of amides is 1. The molecule has 0 spiro atoms. The number of aromatic nitrogens is 1. The Hall–Kier alpha value is -3.09. The van der Waals surface area contributed by atoms with Crippen LogP contribution in [0.5, 0.6) is 5.75 Å². The van der Waals surface area contributed by atoms with Crippen molar-refractivity contribution in [2.45, 2.75) is 46.6 Å². The van der Waals surface area contributed by atoms with Gasteiger partial charge < -0.3 is 9.64 Å². The van der Waals surface area contributed by atoms with Crippen LogP contribution in [0.2, 0.25) is 0 Å². The molecule has 37 heavy (non-hydrogen) atoms. The SMILES string of the molecule is CCn1c(N2CCCC(C)C2)c(C=C2SC(=S)N(CCc3ccc(OC)cc3)C2=O)c(C)c(C#N)c1=O. The Balaban J connectivity index is 1.70. The second-order valence-corrected chi connectivity index (χ2v) is 11.2. The van der Waals surface area contributed by atoms with Gasteiger partial charge in [0.15, 0.2) is 0 Å². The molecule has 194 valence electrons. The van der Waals surface area contributed by atoms with Crippen molar-refractivity contribution < 1.29 is 9.53 Å². The number of hydrogen-bond donors (Lipinski definition) is 0. The Labute approximate surface area is 227 Å². The Morgan fingerprint density at radius 1 is 1.27 bits per heavy atom. The summed E-state index contributed by atoms with van der Waals surface area (Å²) in [6.07, 6.45) is 4.68. The molecule has 9 heteroatoms. The van der Waals surface area contributed by atoms with Gasteiger partial charge in [0, 0.05) is 31.7 Å². The third-order valence-electron chi connectivity index (χ3n) is 7.05. The second kappa shape index (κ2) is 11.5. The second-order valence-electron chi connectivity index (χ2n) is 9.52. The average molecular weight is 537 g/mol. The van der Waals surface area contributed by atoms with Crippen molar-refractivity contribution in [1.82, 2.24) is 9.47 Å². The van der Waals surface area contributed by atoms with Crippen molar-refractivity contribution in [3.63, 3.8) is 0 Å². The van der Waals surface area contributed by atoms with Crippen molar-refractivity contribution in [3.8, 4) is 11.8 Å². The first-order valence-corrected chi connectivity index (χ1v) is 13.8. The van der Waals surface area contributed by atoms with Gasteiger partial charge in [-0.25, -0.2) is 0 Å². The summed E-state index contributed by atoms with van der Waals surface area (Å²) >= 11 is 6.85. The van der Waals surface area contributed by atoms with Crippen molar-refractivity contribution in [2.24, 2.45) is 5.92 Å². The molecule has 4 rings (SSSR count). The monoisotopic (exact) mass is 536 g/mol. The minimum absolute atomic E-state index is 0.122. The molecule has 1 unspecified atom stereocenters. The van der Waals surface area contributed by atoms with Gasteiger partial charge in [0.2, 0.25) is 0 Å². The Kier molecular flexibility index (Phi) is 8.40. The van der Waals surface area contributed by atoms with Crippen LogP contribution in [0, 0.1) is 24.2 Å². The zero-order valence-electron chi connectivity index (χ0n) is 21.7. The number of benzene rings is 1. The summed E-state index contributed by atoms with van der Waals surface area (Å²) in [6.45, 7) is 8.50. The van der Waals surface area contributed by atoms with Crippen LogP contribution >= 0.6 is 24.0 Å². The molecule has 1 atom stereocenters. The highest BCUT2D eigenvalue weighted by Gasteiger charge is 2.33. The maximum atomic E-state index is 13.5. The molecule has 7 nitrogen and oxygen atoms in total. The maximum absolute atomic E-state index is 13.5. The fourth-order valence-electron chi connectivity index (χ4n) is 5.02. The number of carbonyl (C=O) groups excluding carboxylic acids is 1. The van der Waals surface area contributed by atoms with E-state index < -0.39 is 0 Å². The lowest BCUT2D eigenvalue weighted by Crippen LogP contribution is -2.40. The van der Waals surface area contributed by atoms with Gasteiger partial charge in [-0.15, -0.1) is 0 Å². The molecule has 0 aliphatic carbocycles. The summed E-state index contributed by atoms with van der Waals surface area (Å²) < 4.78 is 7.41. The predicted octanol–water partition coefficient (Wildman–Crippen LogP) is 4.74. The standard InChI is InChI=1S/C28H32N4O3S2/c1-5-31-25(30-13-6-7-18(2)17-30)22(19(3)23(16-29)26(31)33)15-24-27(34)32(28(36)37-24)14-12-20-8-10-21(35-4)11-9-20/h8-11,15,18H,5-7,12-14,17H2,1-4H3. The largest absolute Gasteiger partial charge is 0.497 e. The molecule has 3 heterocycles. The molecule has 2 aliphatic rings. The molecule has 0 radical (unpaired) electrons. The van der Waals surface area contributed by atoms with E-state index in [-0.39, 0.29) is 17.0 Å². The predicted molar refractivity (Wildman–Crippen MR) is 153 cm³/mol. The minimum Gasteiger partial charge on any atom is -0.497 e. The van der Waals surface area contributed by atoms with Gasteiger partial charge in [-0.1, -0.05) is 43.0 Å². The number of nitrogens with zero attached hydrogens (tertiary/aromatic N) is 4. The highest BCUT2D eigenvalue weighted by Crippen LogP contribution is 2.37. The van der Waals surface area contributed by atoms with Crippen LogP contribution in [0.15, 0.2) is 34.0 Å². The van der Waals surface area contributed by atoms with Crippen LogP contribution in [0.3, 0.4) is 0 Å². The molecule has 2 saturated heterocycles. The number of nitriles is 1. The van der Waals surface area contributed by atoms with E-state index in [1.165, 1.54) is 11.8 Å². The van der Waals surface area contributed by atoms with Crippen molar-refractivity contribution in [3.05, 3.63) is 61.8 Å². The van der Waals surface area contributed by atoms with Crippen molar-refractivity contribution >= 4 is 46.1 Å². The number of thioether (sulfide) groups is 1. The number of hydrogen-bond acceptors (Lipinski definition) is 7. The lowest BCUT2D eigenvalue weighted by Gasteiger charge is -2.35. The molecule has 0 saturated carbocycles. The van der Waals surface area contributed by atoms with Gasteiger partial charge in [0.1, 0.15) is 27.5 Å². The summed E-state index contributed by atoms with van der Waals surface area (Å²) in [5.74, 6) is 1.93. The minimum atomic E-state index is -0.278. The average Bonchev–Trinajstić information content (AvgIpc) is 3.16. The molecular weight excluding hydrogens is 504 g/mol. The van der Waals surface area contributed by atoms with E-state index >= 15 is 0 Å². The Morgan fingerprint density at radius 3 is 2.62 bits per heavy atom. The molecule has 0 bridgehead atoms. The summed E-state index contributed by atoms with van der Waals surface area (Å²) in [7, 11) is 1.63.